The summed E-state index contributed by atoms with van der Waals surface area (Å²) < 4.78 is 0. The number of piperidine rings is 1. The largest absolute Gasteiger partial charge is 0.383 e. The van der Waals surface area contributed by atoms with Gasteiger partial charge in [-0.1, -0.05) is 50.1 Å². The van der Waals surface area contributed by atoms with Gasteiger partial charge in [0, 0.05) is 36.7 Å². The first-order chi connectivity index (χ1) is 12.1. The second kappa shape index (κ2) is 8.28. The Morgan fingerprint density at radius 1 is 1.08 bits per heavy atom. The third-order valence-corrected chi connectivity index (χ3v) is 5.39. The average molecular weight is 338 g/mol. The van der Waals surface area contributed by atoms with Gasteiger partial charge in [-0.05, 0) is 37.7 Å². The Bertz CT molecular complexity index is 619. The van der Waals surface area contributed by atoms with Gasteiger partial charge in [-0.25, -0.2) is 0 Å². The fraction of sp³-hybridized carbons (Fsp3) is 0.455. The van der Waals surface area contributed by atoms with E-state index in [-0.39, 0.29) is 0 Å². The van der Waals surface area contributed by atoms with Gasteiger partial charge >= 0.3 is 0 Å². The van der Waals surface area contributed by atoms with Crippen LogP contribution < -0.4 is 5.32 Å². The topological polar surface area (TPSA) is 18.5 Å². The predicted molar refractivity (Wildman–Crippen MR) is 106 cm³/mol. The van der Waals surface area contributed by atoms with E-state index in [4.69, 9.17) is 0 Å². The van der Waals surface area contributed by atoms with Crippen molar-refractivity contribution in [2.24, 2.45) is 0 Å². The smallest absolute Gasteiger partial charge is 0.0680 e. The number of hydrogen-bond acceptors (Lipinski definition) is 3. The molecule has 0 bridgehead atoms. The second-order valence-corrected chi connectivity index (χ2v) is 7.23. The van der Waals surface area contributed by atoms with Crippen LogP contribution in [0, 0.1) is 0 Å². The highest BCUT2D eigenvalue weighted by Gasteiger charge is 2.28. The summed E-state index contributed by atoms with van der Waals surface area (Å²) in [5, 5.41) is 3.53. The molecule has 2 fully saturated rings. The number of hydrogen-bond donors (Lipinski definition) is 1. The molecule has 2 heterocycles. The average Bonchev–Trinajstić information content (AvgIpc) is 3.12. The fourth-order valence-electron chi connectivity index (χ4n) is 3.89. The summed E-state index contributed by atoms with van der Waals surface area (Å²) in [6, 6.07) is 10.9. The van der Waals surface area contributed by atoms with E-state index in [0.29, 0.717) is 6.04 Å². The highest BCUT2D eigenvalue weighted by atomic mass is 15.3. The van der Waals surface area contributed by atoms with Gasteiger partial charge in [-0.2, -0.15) is 0 Å². The molecule has 0 spiro atoms. The van der Waals surface area contributed by atoms with E-state index in [2.05, 4.69) is 65.2 Å². The summed E-state index contributed by atoms with van der Waals surface area (Å²) in [5.41, 5.74) is 4.87. The van der Waals surface area contributed by atoms with Crippen LogP contribution in [-0.2, 0) is 6.54 Å². The lowest BCUT2D eigenvalue weighted by Gasteiger charge is -2.36. The Balaban J connectivity index is 1.54. The molecule has 0 saturated carbocycles. The van der Waals surface area contributed by atoms with Gasteiger partial charge in [0.25, 0.3) is 0 Å². The monoisotopic (exact) mass is 337 g/mol. The highest BCUT2D eigenvalue weighted by Crippen LogP contribution is 2.27. The first-order valence-electron chi connectivity index (χ1n) is 9.49. The molecular weight excluding hydrogens is 306 g/mol. The Labute approximate surface area is 152 Å². The van der Waals surface area contributed by atoms with E-state index in [9.17, 15) is 0 Å². The van der Waals surface area contributed by atoms with Gasteiger partial charge in [0.15, 0.2) is 0 Å². The third-order valence-electron chi connectivity index (χ3n) is 5.39. The van der Waals surface area contributed by atoms with Crippen LogP contribution in [0.5, 0.6) is 0 Å². The molecule has 2 saturated heterocycles. The number of nitrogens with zero attached hydrogens (tertiary/aromatic N) is 2. The van der Waals surface area contributed by atoms with Crippen molar-refractivity contribution in [1.29, 1.82) is 0 Å². The van der Waals surface area contributed by atoms with Crippen LogP contribution in [0.2, 0.25) is 0 Å². The molecule has 3 rings (SSSR count). The standard InChI is InChI=1S/C22H31N3/c1-18-10-7-8-14-24(18)17-19(2)25-15-9-13-22(25)20(3)23-16-21-11-5-4-6-12-21/h4-6,11-12,22-23H,1-3,7-10,13-17H2. The van der Waals surface area contributed by atoms with E-state index in [1.807, 2.05) is 0 Å². The van der Waals surface area contributed by atoms with Gasteiger partial charge in [-0.15, -0.1) is 0 Å². The quantitative estimate of drug-likeness (QED) is 0.802. The van der Waals surface area contributed by atoms with Crippen LogP contribution in [0.4, 0.5) is 0 Å². The lowest BCUT2D eigenvalue weighted by molar-refractivity contribution is 0.261. The lowest BCUT2D eigenvalue weighted by Crippen LogP contribution is -2.39. The molecule has 0 aliphatic carbocycles. The Hall–Kier alpha value is -2.16. The maximum atomic E-state index is 4.39. The first kappa shape index (κ1) is 17.7. The van der Waals surface area contributed by atoms with Crippen LogP contribution in [0.1, 0.15) is 37.7 Å². The van der Waals surface area contributed by atoms with Crippen molar-refractivity contribution in [3.63, 3.8) is 0 Å². The minimum Gasteiger partial charge on any atom is -0.383 e. The zero-order valence-electron chi connectivity index (χ0n) is 15.3. The molecule has 2 aliphatic rings. The molecular formula is C22H31N3. The second-order valence-electron chi connectivity index (χ2n) is 7.23. The SMILES string of the molecule is C=C(NCc1ccccc1)C1CCCN1C(=C)CN1CCCCC1=C. The van der Waals surface area contributed by atoms with Gasteiger partial charge in [0.1, 0.15) is 0 Å². The van der Waals surface area contributed by atoms with E-state index in [0.717, 1.165) is 44.7 Å². The Morgan fingerprint density at radius 2 is 1.88 bits per heavy atom. The van der Waals surface area contributed by atoms with E-state index < -0.39 is 0 Å². The molecule has 0 aromatic heterocycles. The Morgan fingerprint density at radius 3 is 2.64 bits per heavy atom. The van der Waals surface area contributed by atoms with Crippen molar-refractivity contribution in [3.8, 4) is 0 Å². The molecule has 1 aromatic carbocycles. The number of rotatable bonds is 7. The maximum absolute atomic E-state index is 4.39. The molecule has 1 atom stereocenters. The molecule has 3 heteroatoms. The number of benzene rings is 1. The molecule has 25 heavy (non-hydrogen) atoms. The van der Waals surface area contributed by atoms with Crippen molar-refractivity contribution in [2.75, 3.05) is 19.6 Å². The third kappa shape index (κ3) is 4.47. The van der Waals surface area contributed by atoms with Crippen LogP contribution in [0.25, 0.3) is 0 Å². The molecule has 0 amide bonds. The minimum atomic E-state index is 0.356. The first-order valence-corrected chi connectivity index (χ1v) is 9.49. The normalized spacial score (nSPS) is 20.6. The van der Waals surface area contributed by atoms with E-state index in [1.165, 1.54) is 36.2 Å². The lowest BCUT2D eigenvalue weighted by atomic mass is 10.1. The maximum Gasteiger partial charge on any atom is 0.0680 e. The number of likely N-dealkylation sites (tertiary alicyclic amines) is 2. The van der Waals surface area contributed by atoms with Gasteiger partial charge in [0.05, 0.1) is 12.6 Å². The molecule has 2 aliphatic heterocycles. The predicted octanol–water partition coefficient (Wildman–Crippen LogP) is 4.27. The van der Waals surface area contributed by atoms with Crippen molar-refractivity contribution in [1.82, 2.24) is 15.1 Å². The minimum absolute atomic E-state index is 0.356. The van der Waals surface area contributed by atoms with Crippen molar-refractivity contribution in [3.05, 3.63) is 72.7 Å². The van der Waals surface area contributed by atoms with Crippen molar-refractivity contribution in [2.45, 2.75) is 44.7 Å². The van der Waals surface area contributed by atoms with Gasteiger partial charge in [-0.3, -0.25) is 0 Å². The van der Waals surface area contributed by atoms with Gasteiger partial charge in [0.2, 0.25) is 0 Å². The van der Waals surface area contributed by atoms with Crippen LogP contribution in [0.3, 0.4) is 0 Å². The summed E-state index contributed by atoms with van der Waals surface area (Å²) in [4.78, 5) is 4.85. The van der Waals surface area contributed by atoms with E-state index in [1.54, 1.807) is 0 Å². The molecule has 1 unspecified atom stereocenters. The molecule has 134 valence electrons. The Kier molecular flexibility index (Phi) is 5.85. The summed E-state index contributed by atoms with van der Waals surface area (Å²) in [7, 11) is 0. The number of allylic oxidation sites excluding steroid dienone is 1. The van der Waals surface area contributed by atoms with Crippen LogP contribution >= 0.6 is 0 Å². The molecule has 0 radical (unpaired) electrons. The molecule has 1 N–H and O–H groups in total. The van der Waals surface area contributed by atoms with E-state index >= 15 is 0 Å². The zero-order valence-corrected chi connectivity index (χ0v) is 15.3. The highest BCUT2D eigenvalue weighted by molar-refractivity contribution is 5.18. The van der Waals surface area contributed by atoms with Crippen molar-refractivity contribution < 1.29 is 0 Å². The zero-order chi connectivity index (χ0) is 17.6. The summed E-state index contributed by atoms with van der Waals surface area (Å²) in [5.74, 6) is 0. The summed E-state index contributed by atoms with van der Waals surface area (Å²) in [6.45, 7) is 16.9. The molecule has 1 aromatic rings. The summed E-state index contributed by atoms with van der Waals surface area (Å²) >= 11 is 0. The number of nitrogens with one attached hydrogen (secondary N) is 1. The van der Waals surface area contributed by atoms with Crippen LogP contribution in [0.15, 0.2) is 67.2 Å². The van der Waals surface area contributed by atoms with Crippen molar-refractivity contribution >= 4 is 0 Å². The summed E-state index contributed by atoms with van der Waals surface area (Å²) in [6.07, 6.45) is 6.02. The van der Waals surface area contributed by atoms with Gasteiger partial charge < -0.3 is 15.1 Å². The van der Waals surface area contributed by atoms with Crippen LogP contribution in [-0.4, -0.2) is 35.5 Å². The molecule has 3 nitrogen and oxygen atoms in total. The fourth-order valence-corrected chi connectivity index (χ4v) is 3.89.